The first-order chi connectivity index (χ1) is 17.8. The lowest BCUT2D eigenvalue weighted by Crippen LogP contribution is -2.31. The van der Waals surface area contributed by atoms with E-state index in [1.807, 2.05) is 0 Å². The zero-order chi connectivity index (χ0) is 26.0. The van der Waals surface area contributed by atoms with Gasteiger partial charge in [0.2, 0.25) is 5.95 Å². The summed E-state index contributed by atoms with van der Waals surface area (Å²) >= 11 is 14.1. The van der Waals surface area contributed by atoms with E-state index < -0.39 is 11.7 Å². The Morgan fingerprint density at radius 3 is 2.32 bits per heavy atom. The maximum Gasteiger partial charge on any atom is 0.416 e. The minimum atomic E-state index is -4.41. The summed E-state index contributed by atoms with van der Waals surface area (Å²) in [6.07, 6.45) is -1.86. The third kappa shape index (κ3) is 6.79. The number of halogens is 6. The Hall–Kier alpha value is -2.37. The number of thiazole rings is 1. The number of anilines is 3. The molecule has 202 valence electrons. The fraction of sp³-hybridized carbons (Fsp3) is 0.320. The highest BCUT2D eigenvalue weighted by Gasteiger charge is 2.30. The second kappa shape index (κ2) is 12.2. The van der Waals surface area contributed by atoms with E-state index in [9.17, 15) is 13.2 Å². The quantitative estimate of drug-likeness (QED) is 0.202. The van der Waals surface area contributed by atoms with Gasteiger partial charge in [-0.1, -0.05) is 40.6 Å². The number of piperidine rings is 1. The first-order valence-corrected chi connectivity index (χ1v) is 13.3. The first-order valence-electron chi connectivity index (χ1n) is 11.8. The van der Waals surface area contributed by atoms with E-state index in [0.717, 1.165) is 55.2 Å². The van der Waals surface area contributed by atoms with Crippen LogP contribution in [0.15, 0.2) is 42.5 Å². The fourth-order valence-electron chi connectivity index (χ4n) is 4.16. The summed E-state index contributed by atoms with van der Waals surface area (Å²) < 4.78 is 39.0. The maximum absolute atomic E-state index is 13.0. The molecule has 0 bridgehead atoms. The number of benzene rings is 2. The molecule has 1 aliphatic rings. The number of nitrogens with zero attached hydrogens (tertiary/aromatic N) is 3. The Morgan fingerprint density at radius 1 is 0.974 bits per heavy atom. The van der Waals surface area contributed by atoms with Crippen LogP contribution < -0.4 is 16.0 Å². The number of alkyl halides is 3. The van der Waals surface area contributed by atoms with E-state index in [4.69, 9.17) is 28.2 Å². The minimum absolute atomic E-state index is 0. The highest BCUT2D eigenvalue weighted by molar-refractivity contribution is 7.18. The summed E-state index contributed by atoms with van der Waals surface area (Å²) in [7, 11) is 0. The molecule has 0 spiro atoms. The number of nitrogens with one attached hydrogen (secondary N) is 3. The molecule has 1 fully saturated rings. The Balaban J connectivity index is 0.00000336. The number of rotatable bonds is 7. The summed E-state index contributed by atoms with van der Waals surface area (Å²) in [5.74, 6) is 1.35. The second-order valence-corrected chi connectivity index (χ2v) is 10.7. The highest BCUT2D eigenvalue weighted by atomic mass is 35.5. The average molecular weight is 604 g/mol. The van der Waals surface area contributed by atoms with E-state index in [1.54, 1.807) is 18.2 Å². The molecule has 0 unspecified atom stereocenters. The van der Waals surface area contributed by atoms with Crippen LogP contribution in [0.3, 0.4) is 0 Å². The van der Waals surface area contributed by atoms with Gasteiger partial charge in [-0.25, -0.2) is 9.97 Å². The van der Waals surface area contributed by atoms with Crippen LogP contribution in [0.1, 0.15) is 29.0 Å². The molecule has 13 heteroatoms. The van der Waals surface area contributed by atoms with Crippen LogP contribution in [0.5, 0.6) is 0 Å². The molecular weight excluding hydrogens is 580 g/mol. The van der Waals surface area contributed by atoms with Crippen molar-refractivity contribution in [2.24, 2.45) is 5.92 Å². The van der Waals surface area contributed by atoms with Crippen LogP contribution in [0, 0.1) is 5.92 Å². The summed E-state index contributed by atoms with van der Waals surface area (Å²) in [4.78, 5) is 14.7. The lowest BCUT2D eigenvalue weighted by Gasteiger charge is -2.22. The molecule has 6 nitrogen and oxygen atoms in total. The van der Waals surface area contributed by atoms with Crippen molar-refractivity contribution in [1.82, 2.24) is 20.3 Å². The van der Waals surface area contributed by atoms with Gasteiger partial charge in [-0.3, -0.25) is 0 Å². The standard InChI is InChI=1S/C25H23Cl2F3N6S.ClH/c26-18-2-1-3-19(27)17(18)12-20-34-21-22(33-16-6-4-15(5-7-16)25(28,29)30)35-24(36-23(21)37-20)32-13-14-8-10-31-11-9-14;/h1-7,14,31H,8-13H2,(H2,32,33,35,36);1H. The van der Waals surface area contributed by atoms with E-state index >= 15 is 0 Å². The van der Waals surface area contributed by atoms with E-state index in [2.05, 4.69) is 25.9 Å². The molecule has 0 atom stereocenters. The third-order valence-corrected chi connectivity index (χ3v) is 7.83. The predicted molar refractivity (Wildman–Crippen MR) is 151 cm³/mol. The van der Waals surface area contributed by atoms with Gasteiger partial charge in [-0.05, 0) is 73.8 Å². The van der Waals surface area contributed by atoms with Gasteiger partial charge in [0.1, 0.15) is 10.5 Å². The SMILES string of the molecule is Cl.FC(F)(F)c1ccc(Nc2nc(NCC3CCNCC3)nc3sc(Cc4c(Cl)cccc4Cl)nc23)cc1. The van der Waals surface area contributed by atoms with Crippen molar-refractivity contribution in [1.29, 1.82) is 0 Å². The Labute approximate surface area is 237 Å². The average Bonchev–Trinajstić information content (AvgIpc) is 3.28. The van der Waals surface area contributed by atoms with Gasteiger partial charge in [0.25, 0.3) is 0 Å². The van der Waals surface area contributed by atoms with Crippen molar-refractivity contribution in [3.05, 3.63) is 68.6 Å². The second-order valence-electron chi connectivity index (χ2n) is 8.81. The fourth-order valence-corrected chi connectivity index (χ4v) is 5.64. The molecule has 1 aliphatic heterocycles. The summed E-state index contributed by atoms with van der Waals surface area (Å²) in [6.45, 7) is 2.69. The van der Waals surface area contributed by atoms with Crippen molar-refractivity contribution < 1.29 is 13.2 Å². The van der Waals surface area contributed by atoms with Gasteiger partial charge in [0, 0.05) is 28.7 Å². The third-order valence-electron chi connectivity index (χ3n) is 6.18. The van der Waals surface area contributed by atoms with Crippen molar-refractivity contribution in [3.63, 3.8) is 0 Å². The zero-order valence-electron chi connectivity index (χ0n) is 19.9. The molecule has 3 heterocycles. The van der Waals surface area contributed by atoms with Crippen LogP contribution in [0.25, 0.3) is 10.3 Å². The van der Waals surface area contributed by atoms with Crippen molar-refractivity contribution >= 4 is 74.7 Å². The molecule has 2 aromatic carbocycles. The van der Waals surface area contributed by atoms with Crippen molar-refractivity contribution in [2.45, 2.75) is 25.4 Å². The maximum atomic E-state index is 13.0. The number of fused-ring (bicyclic) bond motifs is 1. The Bertz CT molecular complexity index is 1370. The van der Waals surface area contributed by atoms with Crippen LogP contribution in [-0.2, 0) is 12.6 Å². The molecule has 0 aliphatic carbocycles. The van der Waals surface area contributed by atoms with Gasteiger partial charge >= 0.3 is 6.18 Å². The Kier molecular flexibility index (Phi) is 9.20. The Morgan fingerprint density at radius 2 is 1.66 bits per heavy atom. The molecule has 3 N–H and O–H groups in total. The smallest absolute Gasteiger partial charge is 0.354 e. The van der Waals surface area contributed by atoms with Crippen LogP contribution in [0.4, 0.5) is 30.6 Å². The lowest BCUT2D eigenvalue weighted by molar-refractivity contribution is -0.137. The predicted octanol–water partition coefficient (Wildman–Crippen LogP) is 7.58. The van der Waals surface area contributed by atoms with Crippen LogP contribution in [0.2, 0.25) is 10.0 Å². The largest absolute Gasteiger partial charge is 0.416 e. The molecule has 5 rings (SSSR count). The van der Waals surface area contributed by atoms with Gasteiger partial charge in [0.15, 0.2) is 10.6 Å². The van der Waals surface area contributed by atoms with E-state index in [0.29, 0.717) is 50.2 Å². The normalized spacial score (nSPS) is 14.3. The van der Waals surface area contributed by atoms with Gasteiger partial charge in [0.05, 0.1) is 5.56 Å². The topological polar surface area (TPSA) is 74.8 Å². The van der Waals surface area contributed by atoms with Gasteiger partial charge < -0.3 is 16.0 Å². The molecule has 0 saturated carbocycles. The molecule has 2 aromatic heterocycles. The summed E-state index contributed by atoms with van der Waals surface area (Å²) in [5, 5.41) is 11.7. The molecule has 0 radical (unpaired) electrons. The zero-order valence-corrected chi connectivity index (χ0v) is 23.1. The van der Waals surface area contributed by atoms with E-state index in [1.165, 1.54) is 23.5 Å². The molecular formula is C25H24Cl3F3N6S. The van der Waals surface area contributed by atoms with Crippen molar-refractivity contribution in [3.8, 4) is 0 Å². The molecule has 4 aromatic rings. The highest BCUT2D eigenvalue weighted by Crippen LogP contribution is 2.34. The van der Waals surface area contributed by atoms with E-state index in [-0.39, 0.29) is 12.4 Å². The summed E-state index contributed by atoms with van der Waals surface area (Å²) in [6, 6.07) is 10.1. The van der Waals surface area contributed by atoms with Gasteiger partial charge in [-0.15, -0.1) is 12.4 Å². The molecule has 38 heavy (non-hydrogen) atoms. The molecule has 0 amide bonds. The number of hydrogen-bond acceptors (Lipinski definition) is 7. The van der Waals surface area contributed by atoms with Gasteiger partial charge in [-0.2, -0.15) is 18.2 Å². The monoisotopic (exact) mass is 602 g/mol. The van der Waals surface area contributed by atoms with Crippen LogP contribution >= 0.6 is 46.9 Å². The van der Waals surface area contributed by atoms with Crippen LogP contribution in [-0.4, -0.2) is 34.6 Å². The number of aromatic nitrogens is 3. The van der Waals surface area contributed by atoms with Crippen molar-refractivity contribution in [2.75, 3.05) is 30.3 Å². The minimum Gasteiger partial charge on any atom is -0.354 e. The summed E-state index contributed by atoms with van der Waals surface area (Å²) in [5.41, 5.74) is 1.03. The lowest BCUT2D eigenvalue weighted by atomic mass is 9.98. The molecule has 1 saturated heterocycles. The first kappa shape index (κ1) is 28.6. The number of hydrogen-bond donors (Lipinski definition) is 3.